The molecule has 1 aromatic carbocycles. The van der Waals surface area contributed by atoms with Crippen LogP contribution in [0.4, 0.5) is 5.69 Å². The molecule has 0 N–H and O–H groups in total. The highest BCUT2D eigenvalue weighted by Crippen LogP contribution is 2.31. The Morgan fingerprint density at radius 2 is 1.86 bits per heavy atom. The molecule has 22 heavy (non-hydrogen) atoms. The summed E-state index contributed by atoms with van der Waals surface area (Å²) >= 11 is 6.72. The van der Waals surface area contributed by atoms with Crippen molar-refractivity contribution in [3.63, 3.8) is 0 Å². The van der Waals surface area contributed by atoms with Gasteiger partial charge in [-0.3, -0.25) is 9.59 Å². The van der Waals surface area contributed by atoms with Crippen LogP contribution >= 0.6 is 24.0 Å². The van der Waals surface area contributed by atoms with Crippen molar-refractivity contribution in [3.05, 3.63) is 30.3 Å². The van der Waals surface area contributed by atoms with Gasteiger partial charge in [-0.25, -0.2) is 4.90 Å². The molecule has 0 aliphatic carbocycles. The first-order chi connectivity index (χ1) is 10.7. The zero-order valence-corrected chi connectivity index (χ0v) is 13.6. The molecule has 0 bridgehead atoms. The summed E-state index contributed by atoms with van der Waals surface area (Å²) in [5.41, 5.74) is 0.623. The SMILES string of the molecule is O=C1CC(SC(=S)N2CCOCC2)C(=O)N1c1ccccc1. The van der Waals surface area contributed by atoms with Gasteiger partial charge in [-0.15, -0.1) is 0 Å². The second-order valence-electron chi connectivity index (χ2n) is 5.08. The third-order valence-electron chi connectivity index (χ3n) is 3.63. The number of nitrogens with zero attached hydrogens (tertiary/aromatic N) is 2. The number of amides is 2. The summed E-state index contributed by atoms with van der Waals surface area (Å²) in [4.78, 5) is 28.0. The van der Waals surface area contributed by atoms with Crippen molar-refractivity contribution in [2.24, 2.45) is 0 Å². The molecule has 0 radical (unpaired) electrons. The maximum absolute atomic E-state index is 12.5. The fourth-order valence-electron chi connectivity index (χ4n) is 2.49. The van der Waals surface area contributed by atoms with Gasteiger partial charge < -0.3 is 9.64 Å². The molecule has 2 heterocycles. The van der Waals surface area contributed by atoms with Crippen LogP contribution in [0.2, 0.25) is 0 Å². The van der Waals surface area contributed by atoms with E-state index in [2.05, 4.69) is 0 Å². The number of hydrogen-bond acceptors (Lipinski definition) is 5. The van der Waals surface area contributed by atoms with Crippen LogP contribution in [0.1, 0.15) is 6.42 Å². The molecular formula is C15H16N2O3S2. The first-order valence-corrected chi connectivity index (χ1v) is 8.41. The number of carbonyl (C=O) groups excluding carboxylic acids is 2. The van der Waals surface area contributed by atoms with Crippen LogP contribution in [0.25, 0.3) is 0 Å². The number of rotatable bonds is 2. The number of benzene rings is 1. The Hall–Kier alpha value is -1.44. The topological polar surface area (TPSA) is 49.9 Å². The number of para-hydroxylation sites is 1. The fourth-order valence-corrected chi connectivity index (χ4v) is 4.02. The van der Waals surface area contributed by atoms with Gasteiger partial charge in [0.25, 0.3) is 0 Å². The molecule has 1 atom stereocenters. The van der Waals surface area contributed by atoms with Crippen molar-refractivity contribution in [1.29, 1.82) is 0 Å². The lowest BCUT2D eigenvalue weighted by molar-refractivity contribution is -0.121. The molecule has 2 amide bonds. The molecule has 1 unspecified atom stereocenters. The Labute approximate surface area is 138 Å². The summed E-state index contributed by atoms with van der Waals surface area (Å²) in [6.07, 6.45) is 0.197. The molecule has 2 aliphatic heterocycles. The Bertz CT molecular complexity index is 588. The lowest BCUT2D eigenvalue weighted by Crippen LogP contribution is -2.39. The number of anilines is 1. The Balaban J connectivity index is 1.67. The summed E-state index contributed by atoms with van der Waals surface area (Å²) in [7, 11) is 0. The van der Waals surface area contributed by atoms with Gasteiger partial charge in [-0.2, -0.15) is 0 Å². The predicted octanol–water partition coefficient (Wildman–Crippen LogP) is 1.67. The minimum Gasteiger partial charge on any atom is -0.378 e. The molecule has 1 aromatic rings. The summed E-state index contributed by atoms with van der Waals surface area (Å²) in [5, 5.41) is -0.428. The minimum atomic E-state index is -0.428. The number of thioether (sulfide) groups is 1. The molecule has 2 fully saturated rings. The van der Waals surface area contributed by atoms with E-state index in [1.165, 1.54) is 16.7 Å². The molecule has 0 saturated carbocycles. The average Bonchev–Trinajstić information content (AvgIpc) is 2.83. The van der Waals surface area contributed by atoms with Crippen LogP contribution in [-0.4, -0.2) is 52.6 Å². The number of morpholine rings is 1. The molecule has 5 nitrogen and oxygen atoms in total. The van der Waals surface area contributed by atoms with E-state index >= 15 is 0 Å². The standard InChI is InChI=1S/C15H16N2O3S2/c18-13-10-12(22-15(21)16-6-8-20-9-7-16)14(19)17(13)11-4-2-1-3-5-11/h1-5,12H,6-10H2. The predicted molar refractivity (Wildman–Crippen MR) is 89.9 cm³/mol. The van der Waals surface area contributed by atoms with E-state index in [1.54, 1.807) is 12.1 Å². The quantitative estimate of drug-likeness (QED) is 0.605. The zero-order chi connectivity index (χ0) is 15.5. The highest BCUT2D eigenvalue weighted by atomic mass is 32.2. The molecular weight excluding hydrogens is 320 g/mol. The second kappa shape index (κ2) is 6.76. The molecule has 3 rings (SSSR count). The van der Waals surface area contributed by atoms with E-state index in [-0.39, 0.29) is 18.2 Å². The number of thiocarbonyl (C=S) groups is 1. The molecule has 116 valence electrons. The monoisotopic (exact) mass is 336 g/mol. The van der Waals surface area contributed by atoms with Crippen LogP contribution in [0, 0.1) is 0 Å². The fraction of sp³-hybridized carbons (Fsp3) is 0.400. The first kappa shape index (κ1) is 15.5. The van der Waals surface area contributed by atoms with E-state index in [1.807, 2.05) is 23.1 Å². The second-order valence-corrected chi connectivity index (χ2v) is 6.92. The molecule has 0 spiro atoms. The van der Waals surface area contributed by atoms with E-state index in [9.17, 15) is 9.59 Å². The lowest BCUT2D eigenvalue weighted by Gasteiger charge is -2.29. The largest absolute Gasteiger partial charge is 0.378 e. The Morgan fingerprint density at radius 3 is 2.55 bits per heavy atom. The van der Waals surface area contributed by atoms with Crippen LogP contribution in [0.5, 0.6) is 0 Å². The Kier molecular flexibility index (Phi) is 4.75. The number of hydrogen-bond donors (Lipinski definition) is 0. The van der Waals surface area contributed by atoms with Crippen molar-refractivity contribution in [3.8, 4) is 0 Å². The van der Waals surface area contributed by atoms with E-state index in [4.69, 9.17) is 17.0 Å². The summed E-state index contributed by atoms with van der Waals surface area (Å²) in [6, 6.07) is 9.02. The van der Waals surface area contributed by atoms with Gasteiger partial charge in [0.1, 0.15) is 9.57 Å². The van der Waals surface area contributed by atoms with Crippen molar-refractivity contribution >= 4 is 45.8 Å². The normalized spacial score (nSPS) is 22.3. The van der Waals surface area contributed by atoms with Crippen molar-refractivity contribution in [1.82, 2.24) is 4.90 Å². The van der Waals surface area contributed by atoms with Gasteiger partial charge in [0, 0.05) is 19.5 Å². The van der Waals surface area contributed by atoms with Crippen LogP contribution in [0.3, 0.4) is 0 Å². The number of ether oxygens (including phenoxy) is 1. The minimum absolute atomic E-state index is 0.168. The van der Waals surface area contributed by atoms with Gasteiger partial charge >= 0.3 is 0 Å². The third-order valence-corrected chi connectivity index (χ3v) is 5.29. The summed E-state index contributed by atoms with van der Waals surface area (Å²) in [6.45, 7) is 2.77. The Morgan fingerprint density at radius 1 is 1.18 bits per heavy atom. The molecule has 2 aliphatic rings. The van der Waals surface area contributed by atoms with E-state index in [0.717, 1.165) is 13.1 Å². The first-order valence-electron chi connectivity index (χ1n) is 7.12. The third kappa shape index (κ3) is 3.16. The van der Waals surface area contributed by atoms with Gasteiger partial charge in [-0.05, 0) is 12.1 Å². The van der Waals surface area contributed by atoms with Crippen molar-refractivity contribution < 1.29 is 14.3 Å². The van der Waals surface area contributed by atoms with Gasteiger partial charge in [0.2, 0.25) is 11.8 Å². The van der Waals surface area contributed by atoms with Crippen molar-refractivity contribution in [2.75, 3.05) is 31.2 Å². The zero-order valence-electron chi connectivity index (χ0n) is 11.9. The maximum atomic E-state index is 12.5. The van der Waals surface area contributed by atoms with Gasteiger partial charge in [0.15, 0.2) is 0 Å². The lowest BCUT2D eigenvalue weighted by atomic mass is 10.3. The average molecular weight is 336 g/mol. The van der Waals surface area contributed by atoms with Crippen LogP contribution in [0.15, 0.2) is 30.3 Å². The van der Waals surface area contributed by atoms with Crippen LogP contribution < -0.4 is 4.90 Å². The van der Waals surface area contributed by atoms with E-state index in [0.29, 0.717) is 23.2 Å². The summed E-state index contributed by atoms with van der Waals surface area (Å²) in [5.74, 6) is -0.352. The van der Waals surface area contributed by atoms with Gasteiger partial charge in [-0.1, -0.05) is 42.2 Å². The smallest absolute Gasteiger partial charge is 0.247 e. The molecule has 0 aromatic heterocycles. The number of imide groups is 1. The number of carbonyl (C=O) groups is 2. The van der Waals surface area contributed by atoms with Crippen LogP contribution in [-0.2, 0) is 14.3 Å². The molecule has 7 heteroatoms. The van der Waals surface area contributed by atoms with Gasteiger partial charge in [0.05, 0.1) is 18.9 Å². The highest BCUT2D eigenvalue weighted by Gasteiger charge is 2.41. The van der Waals surface area contributed by atoms with E-state index < -0.39 is 5.25 Å². The maximum Gasteiger partial charge on any atom is 0.247 e. The van der Waals surface area contributed by atoms with Crippen molar-refractivity contribution in [2.45, 2.75) is 11.7 Å². The summed E-state index contributed by atoms with van der Waals surface area (Å²) < 4.78 is 5.96. The highest BCUT2D eigenvalue weighted by molar-refractivity contribution is 8.23. The molecule has 2 saturated heterocycles.